The van der Waals surface area contributed by atoms with Gasteiger partial charge in [-0.1, -0.05) is 37.3 Å². The Balaban J connectivity index is 1.66. The van der Waals surface area contributed by atoms with E-state index in [1.54, 1.807) is 0 Å². The largest absolute Gasteiger partial charge is 0.348 e. The van der Waals surface area contributed by atoms with Crippen LogP contribution in [-0.2, 0) is 10.0 Å². The molecule has 156 valence electrons. The van der Waals surface area contributed by atoms with Crippen LogP contribution in [0.25, 0.3) is 0 Å². The zero-order valence-electron chi connectivity index (χ0n) is 16.7. The second kappa shape index (κ2) is 9.11. The molecule has 0 bridgehead atoms. The Morgan fingerprint density at radius 2 is 1.82 bits per heavy atom. The minimum absolute atomic E-state index is 0.0681. The van der Waals surface area contributed by atoms with Crippen molar-refractivity contribution >= 4 is 27.5 Å². The summed E-state index contributed by atoms with van der Waals surface area (Å²) in [7, 11) is -0.692. The van der Waals surface area contributed by atoms with Gasteiger partial charge in [0.25, 0.3) is 5.91 Å². The molecule has 1 heterocycles. The maximum Gasteiger partial charge on any atom is 0.253 e. The van der Waals surface area contributed by atoms with Crippen molar-refractivity contribution in [1.82, 2.24) is 14.5 Å². The summed E-state index contributed by atoms with van der Waals surface area (Å²) in [5.74, 6) is -0.312. The van der Waals surface area contributed by atoms with Crippen molar-refractivity contribution in [3.05, 3.63) is 28.8 Å². The predicted molar refractivity (Wildman–Crippen MR) is 111 cm³/mol. The standard InChI is InChI=1S/C20H30ClN3O3S/c1-23(2)28(26,27)17-9-10-19(21)18(13-17)20(25)22-15-11-12-24(14-15)16-7-5-3-4-6-8-16/h9-10,13,15-16H,3-8,11-12,14H2,1-2H3,(H,22,25). The number of rotatable bonds is 5. The molecule has 28 heavy (non-hydrogen) atoms. The molecule has 0 radical (unpaired) electrons. The first-order valence-electron chi connectivity index (χ1n) is 10.1. The molecule has 3 rings (SSSR count). The summed E-state index contributed by atoms with van der Waals surface area (Å²) >= 11 is 6.20. The fourth-order valence-electron chi connectivity index (χ4n) is 4.17. The zero-order chi connectivity index (χ0) is 20.3. The van der Waals surface area contributed by atoms with E-state index in [-0.39, 0.29) is 27.4 Å². The molecule has 1 aromatic rings. The zero-order valence-corrected chi connectivity index (χ0v) is 18.2. The normalized spacial score (nSPS) is 22.4. The molecular formula is C20H30ClN3O3S. The highest BCUT2D eigenvalue weighted by Gasteiger charge is 2.30. The number of halogens is 1. The van der Waals surface area contributed by atoms with Gasteiger partial charge in [-0.15, -0.1) is 0 Å². The molecular weight excluding hydrogens is 398 g/mol. The van der Waals surface area contributed by atoms with E-state index in [4.69, 9.17) is 11.6 Å². The molecule has 0 spiro atoms. The Kier molecular flexibility index (Phi) is 7.02. The monoisotopic (exact) mass is 427 g/mol. The van der Waals surface area contributed by atoms with Crippen molar-refractivity contribution < 1.29 is 13.2 Å². The molecule has 8 heteroatoms. The van der Waals surface area contributed by atoms with Crippen molar-refractivity contribution in [2.75, 3.05) is 27.2 Å². The van der Waals surface area contributed by atoms with Crippen molar-refractivity contribution in [1.29, 1.82) is 0 Å². The summed E-state index contributed by atoms with van der Waals surface area (Å²) in [6.45, 7) is 1.85. The molecule has 1 aromatic carbocycles. The molecule has 1 saturated carbocycles. The first-order valence-corrected chi connectivity index (χ1v) is 11.9. The van der Waals surface area contributed by atoms with Crippen molar-refractivity contribution in [3.63, 3.8) is 0 Å². The average Bonchev–Trinajstić information content (AvgIpc) is 2.94. The number of benzene rings is 1. The second-order valence-corrected chi connectivity index (χ2v) is 10.6. The van der Waals surface area contributed by atoms with E-state index in [9.17, 15) is 13.2 Å². The molecule has 1 aliphatic carbocycles. The first kappa shape index (κ1) is 21.6. The van der Waals surface area contributed by atoms with Gasteiger partial charge < -0.3 is 5.32 Å². The highest BCUT2D eigenvalue weighted by atomic mass is 35.5. The molecule has 6 nitrogen and oxygen atoms in total. The van der Waals surface area contributed by atoms with Crippen LogP contribution in [0, 0.1) is 0 Å². The number of nitrogens with one attached hydrogen (secondary N) is 1. The summed E-state index contributed by atoms with van der Waals surface area (Å²) in [5, 5.41) is 3.31. The molecule has 1 saturated heterocycles. The van der Waals surface area contributed by atoms with Crippen molar-refractivity contribution in [2.24, 2.45) is 0 Å². The van der Waals surface area contributed by atoms with Crippen LogP contribution < -0.4 is 5.32 Å². The lowest BCUT2D eigenvalue weighted by Gasteiger charge is -2.26. The number of nitrogens with zero attached hydrogens (tertiary/aromatic N) is 2. The van der Waals surface area contributed by atoms with Crippen LogP contribution in [0.4, 0.5) is 0 Å². The van der Waals surface area contributed by atoms with Crippen LogP contribution in [0.1, 0.15) is 55.3 Å². The van der Waals surface area contributed by atoms with Crippen LogP contribution in [0.3, 0.4) is 0 Å². The van der Waals surface area contributed by atoms with E-state index < -0.39 is 10.0 Å². The van der Waals surface area contributed by atoms with Gasteiger partial charge in [-0.25, -0.2) is 12.7 Å². The van der Waals surface area contributed by atoms with E-state index in [2.05, 4.69) is 10.2 Å². The molecule has 1 aliphatic heterocycles. The van der Waals surface area contributed by atoms with Gasteiger partial charge in [0.1, 0.15) is 0 Å². The average molecular weight is 428 g/mol. The Morgan fingerprint density at radius 1 is 1.14 bits per heavy atom. The van der Waals surface area contributed by atoms with Crippen LogP contribution >= 0.6 is 11.6 Å². The van der Waals surface area contributed by atoms with Crippen molar-refractivity contribution in [2.45, 2.75) is 61.9 Å². The number of carbonyl (C=O) groups is 1. The lowest BCUT2D eigenvalue weighted by atomic mass is 10.1. The SMILES string of the molecule is CN(C)S(=O)(=O)c1ccc(Cl)c(C(=O)NC2CCN(C3CCCCCC3)C2)c1. The number of amides is 1. The number of carbonyl (C=O) groups excluding carboxylic acids is 1. The van der Waals surface area contributed by atoms with E-state index in [1.165, 1.54) is 70.8 Å². The van der Waals surface area contributed by atoms with Gasteiger partial charge in [0.15, 0.2) is 0 Å². The van der Waals surface area contributed by atoms with Gasteiger partial charge in [0.2, 0.25) is 10.0 Å². The highest BCUT2D eigenvalue weighted by Crippen LogP contribution is 2.26. The van der Waals surface area contributed by atoms with E-state index in [0.29, 0.717) is 6.04 Å². The molecule has 1 atom stereocenters. The summed E-state index contributed by atoms with van der Waals surface area (Å²) in [6, 6.07) is 4.96. The van der Waals surface area contributed by atoms with Crippen LogP contribution in [-0.4, -0.2) is 62.8 Å². The number of hydrogen-bond donors (Lipinski definition) is 1. The van der Waals surface area contributed by atoms with E-state index in [0.717, 1.165) is 23.8 Å². The summed E-state index contributed by atoms with van der Waals surface area (Å²) in [5.41, 5.74) is 0.206. The minimum Gasteiger partial charge on any atom is -0.348 e. The second-order valence-electron chi connectivity index (χ2n) is 8.03. The summed E-state index contributed by atoms with van der Waals surface area (Å²) in [6.07, 6.45) is 8.65. The minimum atomic E-state index is -3.62. The first-order chi connectivity index (χ1) is 13.3. The van der Waals surface area contributed by atoms with Crippen LogP contribution in [0.5, 0.6) is 0 Å². The summed E-state index contributed by atoms with van der Waals surface area (Å²) < 4.78 is 25.8. The molecule has 1 amide bonds. The predicted octanol–water partition coefficient (Wildman–Crippen LogP) is 3.12. The molecule has 2 fully saturated rings. The maximum absolute atomic E-state index is 12.8. The van der Waals surface area contributed by atoms with E-state index in [1.807, 2.05) is 0 Å². The lowest BCUT2D eigenvalue weighted by molar-refractivity contribution is 0.0935. The van der Waals surface area contributed by atoms with Crippen LogP contribution in [0.2, 0.25) is 5.02 Å². The maximum atomic E-state index is 12.8. The molecule has 2 aliphatic rings. The third kappa shape index (κ3) is 4.87. The van der Waals surface area contributed by atoms with Gasteiger partial charge in [-0.05, 0) is 37.5 Å². The van der Waals surface area contributed by atoms with Gasteiger partial charge in [-0.2, -0.15) is 0 Å². The molecule has 1 unspecified atom stereocenters. The molecule has 0 aromatic heterocycles. The number of sulfonamides is 1. The third-order valence-corrected chi connectivity index (χ3v) is 8.00. The fraction of sp³-hybridized carbons (Fsp3) is 0.650. The van der Waals surface area contributed by atoms with Crippen molar-refractivity contribution in [3.8, 4) is 0 Å². The topological polar surface area (TPSA) is 69.7 Å². The van der Waals surface area contributed by atoms with E-state index >= 15 is 0 Å². The van der Waals surface area contributed by atoms with Gasteiger partial charge in [0.05, 0.1) is 15.5 Å². The quantitative estimate of drug-likeness (QED) is 0.733. The Labute approximate surface area is 173 Å². The smallest absolute Gasteiger partial charge is 0.253 e. The van der Waals surface area contributed by atoms with Gasteiger partial charge in [-0.3, -0.25) is 9.69 Å². The van der Waals surface area contributed by atoms with Gasteiger partial charge >= 0.3 is 0 Å². The Hall–Kier alpha value is -1.15. The Bertz CT molecular complexity index is 805. The number of hydrogen-bond acceptors (Lipinski definition) is 4. The van der Waals surface area contributed by atoms with Crippen LogP contribution in [0.15, 0.2) is 23.1 Å². The number of likely N-dealkylation sites (tertiary alicyclic amines) is 1. The highest BCUT2D eigenvalue weighted by molar-refractivity contribution is 7.89. The van der Waals surface area contributed by atoms with Gasteiger partial charge in [0, 0.05) is 39.3 Å². The third-order valence-electron chi connectivity index (χ3n) is 5.86. The Morgan fingerprint density at radius 3 is 2.46 bits per heavy atom. The summed E-state index contributed by atoms with van der Waals surface area (Å²) in [4.78, 5) is 15.4. The molecule has 1 N–H and O–H groups in total. The lowest BCUT2D eigenvalue weighted by Crippen LogP contribution is -2.40. The fourth-order valence-corrected chi connectivity index (χ4v) is 5.30.